The molecule has 0 bridgehead atoms. The summed E-state index contributed by atoms with van der Waals surface area (Å²) in [5.74, 6) is 1.81. The fraction of sp³-hybridized carbons (Fsp3) is 0.197. The zero-order valence-corrected chi connectivity index (χ0v) is 37.7. The van der Waals surface area contributed by atoms with Crippen LogP contribution in [-0.4, -0.2) is 30.7 Å². The van der Waals surface area contributed by atoms with E-state index in [2.05, 4.69) is 78.9 Å². The van der Waals surface area contributed by atoms with Crippen molar-refractivity contribution >= 4 is 36.3 Å². The predicted molar refractivity (Wildman–Crippen MR) is 282 cm³/mol. The van der Waals surface area contributed by atoms with E-state index >= 15 is 0 Å². The lowest BCUT2D eigenvalue weighted by atomic mass is 9.77. The predicted octanol–water partition coefficient (Wildman–Crippen LogP) is 13.3. The molecule has 11 heteroatoms. The maximum absolute atomic E-state index is 13.4. The number of carbonyl (C=O) groups is 4. The van der Waals surface area contributed by atoms with E-state index < -0.39 is 13.1 Å². The van der Waals surface area contributed by atoms with E-state index in [1.807, 2.05) is 121 Å². The molecule has 2 aliphatic carbocycles. The van der Waals surface area contributed by atoms with Crippen LogP contribution in [0.15, 0.2) is 216 Å². The maximum atomic E-state index is 13.4. The Kier molecular flexibility index (Phi) is 23.4. The molecule has 1 aliphatic heterocycles. The van der Waals surface area contributed by atoms with Crippen LogP contribution >= 0.6 is 0 Å². The first-order valence-electron chi connectivity index (χ1n) is 22.6. The van der Waals surface area contributed by atoms with Crippen LogP contribution in [0.4, 0.5) is 12.9 Å². The Morgan fingerprint density at radius 2 is 0.889 bits per heavy atom. The Morgan fingerprint density at radius 3 is 1.33 bits per heavy atom. The fourth-order valence-corrected chi connectivity index (χ4v) is 8.26. The fourth-order valence-electron chi connectivity index (χ4n) is 8.26. The van der Waals surface area contributed by atoms with Crippen molar-refractivity contribution in [2.75, 3.05) is 0 Å². The van der Waals surface area contributed by atoms with E-state index in [0.717, 1.165) is 76.2 Å². The Balaban J connectivity index is 0.000000302. The van der Waals surface area contributed by atoms with Gasteiger partial charge in [-0.05, 0) is 78.3 Å². The number of ether oxygens (including phenoxy) is 1. The highest BCUT2D eigenvalue weighted by Gasteiger charge is 2.43. The molecule has 6 aromatic carbocycles. The third-order valence-corrected chi connectivity index (χ3v) is 11.6. The van der Waals surface area contributed by atoms with Crippen molar-refractivity contribution in [2.45, 2.75) is 79.2 Å². The van der Waals surface area contributed by atoms with Gasteiger partial charge in [0.25, 0.3) is 0 Å². The van der Waals surface area contributed by atoms with Gasteiger partial charge in [0.15, 0.2) is 34.5 Å². The summed E-state index contributed by atoms with van der Waals surface area (Å²) in [6.07, 6.45) is 7.04. The van der Waals surface area contributed by atoms with Crippen LogP contribution in [0.2, 0.25) is 0 Å². The van der Waals surface area contributed by atoms with Gasteiger partial charge in [-0.3, -0.25) is 32.1 Å². The lowest BCUT2D eigenvalue weighted by Gasteiger charge is -2.39. The summed E-state index contributed by atoms with van der Waals surface area (Å²) in [5.41, 5.74) is 7.91. The van der Waals surface area contributed by atoms with Gasteiger partial charge in [-0.25, -0.2) is 4.42 Å². The van der Waals surface area contributed by atoms with E-state index in [-0.39, 0.29) is 56.5 Å². The topological polar surface area (TPSA) is 88.8 Å². The summed E-state index contributed by atoms with van der Waals surface area (Å²) in [6, 6.07) is 64.2. The average molecular weight is 977 g/mol. The van der Waals surface area contributed by atoms with Gasteiger partial charge in [0.2, 0.25) is 0 Å². The van der Waals surface area contributed by atoms with Crippen molar-refractivity contribution in [3.05, 3.63) is 228 Å². The monoisotopic (exact) mass is 976 g/mol. The third-order valence-electron chi connectivity index (χ3n) is 11.6. The molecule has 1 unspecified atom stereocenters. The number of hydrogen-bond donors (Lipinski definition) is 0. The largest absolute Gasteiger partial charge is 1.00 e. The summed E-state index contributed by atoms with van der Waals surface area (Å²) >= 11 is 0. The first kappa shape index (κ1) is 58.5. The third kappa shape index (κ3) is 15.6. The second-order valence-corrected chi connectivity index (χ2v) is 16.3. The minimum absolute atomic E-state index is 0. The zero-order valence-electron chi connectivity index (χ0n) is 37.7. The second-order valence-electron chi connectivity index (χ2n) is 16.3. The Labute approximate surface area is 421 Å². The first-order valence-corrected chi connectivity index (χ1v) is 22.6. The smallest absolute Gasteiger partial charge is 0.762 e. The molecule has 1 saturated carbocycles. The molecule has 372 valence electrons. The zero-order chi connectivity index (χ0) is 47.7. The van der Waals surface area contributed by atoms with Crippen molar-refractivity contribution in [2.24, 2.45) is 0 Å². The highest BCUT2D eigenvalue weighted by Crippen LogP contribution is 2.47. The van der Waals surface area contributed by atoms with Crippen molar-refractivity contribution in [3.63, 3.8) is 0 Å². The van der Waals surface area contributed by atoms with Crippen molar-refractivity contribution in [1.82, 2.24) is 0 Å². The number of allylic oxidation sites excluding steroid dienone is 3. The summed E-state index contributed by atoms with van der Waals surface area (Å²) in [7, 11) is -3.67. The molecule has 0 spiro atoms. The van der Waals surface area contributed by atoms with E-state index in [0.29, 0.717) is 30.6 Å². The molecule has 1 atom stereocenters. The quantitative estimate of drug-likeness (QED) is 0.0495. The van der Waals surface area contributed by atoms with Crippen LogP contribution in [0.25, 0.3) is 39.3 Å². The molecule has 2 heterocycles. The Hall–Kier alpha value is -7.79. The van der Waals surface area contributed by atoms with Crippen LogP contribution < -0.4 is 4.70 Å². The van der Waals surface area contributed by atoms with Gasteiger partial charge >= 0.3 is 19.1 Å². The average Bonchev–Trinajstić information content (AvgIpc) is 3.39. The molecule has 3 aliphatic rings. The number of halogens is 4. The van der Waals surface area contributed by atoms with Gasteiger partial charge < -0.3 is 9.44 Å². The summed E-state index contributed by atoms with van der Waals surface area (Å²) in [6.45, 7) is 0. The first-order chi connectivity index (χ1) is 33.1. The summed E-state index contributed by atoms with van der Waals surface area (Å²) in [4.78, 5) is 47.2. The molecule has 0 N–H and O–H groups in total. The maximum Gasteiger partial charge on any atom is 0.762 e. The molecular weight excluding hydrogens is 915 g/mol. The molecule has 6 nitrogen and oxygen atoms in total. The van der Waals surface area contributed by atoms with Crippen LogP contribution in [0.5, 0.6) is 0 Å². The molecular formula is C61H61BF4O6. The van der Waals surface area contributed by atoms with Gasteiger partial charge in [-0.2, -0.15) is 0 Å². The molecule has 7 aromatic rings. The van der Waals surface area contributed by atoms with Gasteiger partial charge in [0.1, 0.15) is 0 Å². The van der Waals surface area contributed by atoms with Crippen LogP contribution in [0, 0.1) is 0 Å². The molecule has 1 aromatic heterocycles. The SMILES string of the molecule is C.C.C.FB(F)F.O=C1CCCC2=C1OC(CC(=O)c1ccccc1)(c1ccccc1)C=C2c1ccccc1.O=C1CCCCC1=O.[F-].c1ccc(-c2cc(-c3ccccc3)[o+]c(-c3ccccc3)c2)cc1. The van der Waals surface area contributed by atoms with E-state index in [9.17, 15) is 32.1 Å². The van der Waals surface area contributed by atoms with Crippen molar-refractivity contribution in [1.29, 1.82) is 0 Å². The Bertz CT molecular complexity index is 2700. The molecule has 0 amide bonds. The van der Waals surface area contributed by atoms with Crippen LogP contribution in [0.1, 0.15) is 95.1 Å². The molecule has 1 fully saturated rings. The van der Waals surface area contributed by atoms with Crippen LogP contribution in [0.3, 0.4) is 0 Å². The molecule has 10 rings (SSSR count). The van der Waals surface area contributed by atoms with E-state index in [4.69, 9.17) is 9.15 Å². The highest BCUT2D eigenvalue weighted by molar-refractivity contribution is 6.37. The molecule has 72 heavy (non-hydrogen) atoms. The number of rotatable bonds is 8. The highest BCUT2D eigenvalue weighted by atomic mass is 19.4. The normalized spacial score (nSPS) is 15.3. The van der Waals surface area contributed by atoms with E-state index in [1.165, 1.54) is 5.56 Å². The van der Waals surface area contributed by atoms with Gasteiger partial charge in [-0.15, -0.1) is 0 Å². The standard InChI is InChI=1S/C29H24O3.C23H17O.C6H8O2.3CH4.BF3.FH/c30-26-18-10-17-24-25(21-11-4-1-5-12-21)19-29(32-28(24)26,23-15-8-3-9-16-23)20-27(31)22-13-6-2-7-14-22;1-4-10-18(11-5-1)21-16-22(19-12-6-2-7-13-19)24-23(17-21)20-14-8-3-9-15-20;7-5-3-1-2-4-6(5)8;;;;2-1(3)4;/h1-9,11-16,19H,10,17-18,20H2;1-17H;1-4H2;3*1H4;;1H/q;+1;;;;;;/p-1. The minimum Gasteiger partial charge on any atom is -1.00 e. The summed E-state index contributed by atoms with van der Waals surface area (Å²) in [5, 5.41) is 0. The minimum atomic E-state index is -3.67. The van der Waals surface area contributed by atoms with Gasteiger partial charge in [0.05, 0.1) is 29.7 Å². The van der Waals surface area contributed by atoms with E-state index in [1.54, 1.807) is 0 Å². The number of benzene rings is 6. The van der Waals surface area contributed by atoms with Gasteiger partial charge in [-0.1, -0.05) is 180 Å². The molecule has 0 radical (unpaired) electrons. The lowest BCUT2D eigenvalue weighted by molar-refractivity contribution is -0.137. The van der Waals surface area contributed by atoms with Crippen LogP contribution in [-0.2, 0) is 24.7 Å². The lowest BCUT2D eigenvalue weighted by Crippen LogP contribution is -3.00. The number of hydrogen-bond acceptors (Lipinski definition) is 5. The second kappa shape index (κ2) is 28.8. The number of Topliss-reactive ketones (excluding diaryl/α,β-unsaturated/α-hetero) is 4. The number of ketones is 4. The summed E-state index contributed by atoms with van der Waals surface area (Å²) < 4.78 is 41.8. The Morgan fingerprint density at radius 1 is 0.500 bits per heavy atom. The van der Waals surface area contributed by atoms with Crippen molar-refractivity contribution in [3.8, 4) is 33.8 Å². The van der Waals surface area contributed by atoms with Crippen molar-refractivity contribution < 1.29 is 46.0 Å². The number of carbonyl (C=O) groups excluding carboxylic acids is 4. The molecule has 0 saturated heterocycles. The van der Waals surface area contributed by atoms with Gasteiger partial charge in [0, 0.05) is 36.0 Å².